The summed E-state index contributed by atoms with van der Waals surface area (Å²) in [4.78, 5) is 25.9. The summed E-state index contributed by atoms with van der Waals surface area (Å²) in [6.45, 7) is 1.44. The van der Waals surface area contributed by atoms with Crippen LogP contribution in [0.15, 0.2) is 48.5 Å². The molecule has 144 valence electrons. The van der Waals surface area contributed by atoms with Gasteiger partial charge in [-0.3, -0.25) is 9.59 Å². The minimum absolute atomic E-state index is 0.166. The van der Waals surface area contributed by atoms with Gasteiger partial charge in [-0.15, -0.1) is 11.3 Å². The van der Waals surface area contributed by atoms with Crippen molar-refractivity contribution in [1.29, 1.82) is 0 Å². The highest BCUT2D eigenvalue weighted by Gasteiger charge is 2.18. The fourth-order valence-electron chi connectivity index (χ4n) is 2.67. The molecule has 3 rings (SSSR count). The van der Waals surface area contributed by atoms with Gasteiger partial charge in [0.15, 0.2) is 17.3 Å². The lowest BCUT2D eigenvalue weighted by molar-refractivity contribution is 0.102. The van der Waals surface area contributed by atoms with Gasteiger partial charge in [-0.1, -0.05) is 12.1 Å². The first-order chi connectivity index (χ1) is 13.4. The van der Waals surface area contributed by atoms with E-state index in [1.54, 1.807) is 36.4 Å². The van der Waals surface area contributed by atoms with E-state index >= 15 is 0 Å². The molecular weight excluding hydrogens is 381 g/mol. The number of ketones is 1. The van der Waals surface area contributed by atoms with E-state index in [2.05, 4.69) is 5.32 Å². The van der Waals surface area contributed by atoms with E-state index in [1.807, 2.05) is 0 Å². The second kappa shape index (κ2) is 8.22. The van der Waals surface area contributed by atoms with Crippen LogP contribution >= 0.6 is 11.3 Å². The Balaban J connectivity index is 1.92. The summed E-state index contributed by atoms with van der Waals surface area (Å²) < 4.78 is 23.6. The van der Waals surface area contributed by atoms with Gasteiger partial charge in [0.2, 0.25) is 0 Å². The minimum Gasteiger partial charge on any atom is -0.493 e. The Morgan fingerprint density at radius 2 is 1.64 bits per heavy atom. The number of carbonyl (C=O) groups is 2. The number of Topliss-reactive ketones (excluding diaryl/α,β-unsaturated/α-hetero) is 1. The van der Waals surface area contributed by atoms with Crippen molar-refractivity contribution in [3.05, 3.63) is 64.8 Å². The standard InChI is InChI=1S/C21H18FNO4S/c1-12(24)20-16(11-19(28-20)13-4-7-15(22)8-5-13)23-21(25)14-6-9-17(26-2)18(10-14)27-3/h4-11H,1-3H3,(H,23,25). The van der Waals surface area contributed by atoms with Crippen molar-refractivity contribution in [3.63, 3.8) is 0 Å². The van der Waals surface area contributed by atoms with Crippen molar-refractivity contribution in [2.45, 2.75) is 6.92 Å². The quantitative estimate of drug-likeness (QED) is 0.591. The number of anilines is 1. The zero-order chi connectivity index (χ0) is 20.3. The van der Waals surface area contributed by atoms with Gasteiger partial charge in [0, 0.05) is 17.4 Å². The first kappa shape index (κ1) is 19.6. The molecule has 0 fully saturated rings. The van der Waals surface area contributed by atoms with Gasteiger partial charge in [-0.05, 0) is 42.0 Å². The van der Waals surface area contributed by atoms with E-state index in [1.165, 1.54) is 44.6 Å². The number of thiophene rings is 1. The van der Waals surface area contributed by atoms with Crippen molar-refractivity contribution in [2.24, 2.45) is 0 Å². The second-order valence-corrected chi connectivity index (χ2v) is 6.99. The van der Waals surface area contributed by atoms with Gasteiger partial charge < -0.3 is 14.8 Å². The van der Waals surface area contributed by atoms with Crippen LogP contribution in [0.4, 0.5) is 10.1 Å². The van der Waals surface area contributed by atoms with Crippen LogP contribution in [0, 0.1) is 5.82 Å². The molecule has 0 unspecified atom stereocenters. The third-order valence-corrected chi connectivity index (χ3v) is 5.36. The Hall–Kier alpha value is -3.19. The highest BCUT2D eigenvalue weighted by atomic mass is 32.1. The van der Waals surface area contributed by atoms with Crippen LogP contribution in [0.2, 0.25) is 0 Å². The van der Waals surface area contributed by atoms with Crippen LogP contribution in [0.3, 0.4) is 0 Å². The highest BCUT2D eigenvalue weighted by molar-refractivity contribution is 7.18. The number of halogens is 1. The topological polar surface area (TPSA) is 64.6 Å². The maximum absolute atomic E-state index is 13.2. The summed E-state index contributed by atoms with van der Waals surface area (Å²) in [5.41, 5.74) is 1.54. The normalized spacial score (nSPS) is 10.4. The van der Waals surface area contributed by atoms with Gasteiger partial charge in [-0.2, -0.15) is 0 Å². The van der Waals surface area contributed by atoms with Crippen LogP contribution in [-0.4, -0.2) is 25.9 Å². The van der Waals surface area contributed by atoms with Crippen LogP contribution in [-0.2, 0) is 0 Å². The Kier molecular flexibility index (Phi) is 5.75. The van der Waals surface area contributed by atoms with E-state index in [4.69, 9.17) is 9.47 Å². The van der Waals surface area contributed by atoms with E-state index < -0.39 is 0 Å². The summed E-state index contributed by atoms with van der Waals surface area (Å²) in [5, 5.41) is 2.78. The second-order valence-electron chi connectivity index (χ2n) is 5.94. The van der Waals surface area contributed by atoms with Crippen LogP contribution in [0.5, 0.6) is 11.5 Å². The summed E-state index contributed by atoms with van der Waals surface area (Å²) in [6, 6.07) is 12.5. The number of rotatable bonds is 6. The fourth-order valence-corrected chi connectivity index (χ4v) is 3.69. The molecule has 5 nitrogen and oxygen atoms in total. The Morgan fingerprint density at radius 3 is 2.25 bits per heavy atom. The number of nitrogens with one attached hydrogen (secondary N) is 1. The molecule has 28 heavy (non-hydrogen) atoms. The zero-order valence-electron chi connectivity index (χ0n) is 15.5. The van der Waals surface area contributed by atoms with Crippen LogP contribution in [0.25, 0.3) is 10.4 Å². The molecule has 1 aromatic heterocycles. The van der Waals surface area contributed by atoms with Crippen molar-refractivity contribution >= 4 is 28.7 Å². The molecule has 0 aliphatic heterocycles. The van der Waals surface area contributed by atoms with E-state index in [0.717, 1.165) is 10.4 Å². The fraction of sp³-hybridized carbons (Fsp3) is 0.143. The van der Waals surface area contributed by atoms with Crippen molar-refractivity contribution in [1.82, 2.24) is 0 Å². The van der Waals surface area contributed by atoms with Gasteiger partial charge >= 0.3 is 0 Å². The molecule has 0 radical (unpaired) electrons. The molecule has 1 heterocycles. The van der Waals surface area contributed by atoms with E-state index in [-0.39, 0.29) is 17.5 Å². The average Bonchev–Trinajstić information content (AvgIpc) is 3.12. The van der Waals surface area contributed by atoms with Gasteiger partial charge in [-0.25, -0.2) is 4.39 Å². The number of methoxy groups -OCH3 is 2. The highest BCUT2D eigenvalue weighted by Crippen LogP contribution is 2.36. The molecule has 0 atom stereocenters. The predicted molar refractivity (Wildman–Crippen MR) is 107 cm³/mol. The first-order valence-corrected chi connectivity index (χ1v) is 9.18. The summed E-state index contributed by atoms with van der Waals surface area (Å²) in [5.74, 6) is 0.0545. The molecule has 0 bridgehead atoms. The molecule has 1 amide bonds. The lowest BCUT2D eigenvalue weighted by Crippen LogP contribution is -2.13. The molecule has 3 aromatic rings. The van der Waals surface area contributed by atoms with Gasteiger partial charge in [0.05, 0.1) is 24.8 Å². The average molecular weight is 399 g/mol. The van der Waals surface area contributed by atoms with Crippen LogP contribution in [0.1, 0.15) is 27.0 Å². The minimum atomic E-state index is -0.382. The summed E-state index contributed by atoms with van der Waals surface area (Å²) >= 11 is 1.25. The zero-order valence-corrected chi connectivity index (χ0v) is 16.4. The Morgan fingerprint density at radius 1 is 0.964 bits per heavy atom. The number of carbonyl (C=O) groups excluding carboxylic acids is 2. The first-order valence-electron chi connectivity index (χ1n) is 8.37. The largest absolute Gasteiger partial charge is 0.493 e. The monoisotopic (exact) mass is 399 g/mol. The number of benzene rings is 2. The lowest BCUT2D eigenvalue weighted by atomic mass is 10.1. The van der Waals surface area contributed by atoms with Gasteiger partial charge in [0.1, 0.15) is 5.82 Å². The van der Waals surface area contributed by atoms with Crippen LogP contribution < -0.4 is 14.8 Å². The Bertz CT molecular complexity index is 1030. The van der Waals surface area contributed by atoms with E-state index in [9.17, 15) is 14.0 Å². The molecule has 0 spiro atoms. The van der Waals surface area contributed by atoms with Crippen molar-refractivity contribution in [2.75, 3.05) is 19.5 Å². The molecule has 0 aliphatic rings. The molecule has 1 N–H and O–H groups in total. The molecular formula is C21H18FNO4S. The summed E-state index contributed by atoms with van der Waals surface area (Å²) in [6.07, 6.45) is 0. The SMILES string of the molecule is COc1ccc(C(=O)Nc2cc(-c3ccc(F)cc3)sc2C(C)=O)cc1OC. The number of hydrogen-bond donors (Lipinski definition) is 1. The molecule has 0 saturated heterocycles. The number of ether oxygens (including phenoxy) is 2. The third kappa shape index (κ3) is 4.04. The van der Waals surface area contributed by atoms with Gasteiger partial charge in [0.25, 0.3) is 5.91 Å². The molecule has 7 heteroatoms. The smallest absolute Gasteiger partial charge is 0.255 e. The number of hydrogen-bond acceptors (Lipinski definition) is 5. The molecule has 0 saturated carbocycles. The van der Waals surface area contributed by atoms with Crippen molar-refractivity contribution < 1.29 is 23.5 Å². The third-order valence-electron chi connectivity index (χ3n) is 4.07. The Labute approximate surface area is 165 Å². The molecule has 0 aliphatic carbocycles. The van der Waals surface area contributed by atoms with E-state index in [0.29, 0.717) is 27.6 Å². The van der Waals surface area contributed by atoms with Crippen molar-refractivity contribution in [3.8, 4) is 21.9 Å². The number of amides is 1. The maximum Gasteiger partial charge on any atom is 0.255 e. The summed E-state index contributed by atoms with van der Waals surface area (Å²) in [7, 11) is 3.00. The maximum atomic E-state index is 13.2. The predicted octanol–water partition coefficient (Wildman–Crippen LogP) is 5.03. The lowest BCUT2D eigenvalue weighted by Gasteiger charge is -2.10. The molecule has 2 aromatic carbocycles.